The molecule has 0 unspecified atom stereocenters. The Morgan fingerprint density at radius 3 is 2.59 bits per heavy atom. The van der Waals surface area contributed by atoms with Crippen molar-refractivity contribution in [2.75, 3.05) is 5.43 Å². The third-order valence-electron chi connectivity index (χ3n) is 3.64. The Morgan fingerprint density at radius 2 is 1.85 bits per heavy atom. The van der Waals surface area contributed by atoms with Crippen LogP contribution in [0, 0.1) is 10.1 Å². The summed E-state index contributed by atoms with van der Waals surface area (Å²) < 4.78 is 5.73. The van der Waals surface area contributed by atoms with Gasteiger partial charge < -0.3 is 4.74 Å². The van der Waals surface area contributed by atoms with E-state index in [1.807, 2.05) is 48.5 Å². The van der Waals surface area contributed by atoms with Crippen LogP contribution in [-0.4, -0.2) is 11.1 Å². The normalized spacial score (nSPS) is 10.7. The molecule has 3 rings (SSSR count). The zero-order valence-electron chi connectivity index (χ0n) is 14.2. The molecule has 0 bridgehead atoms. The second kappa shape index (κ2) is 8.82. The van der Waals surface area contributed by atoms with Crippen LogP contribution in [0.3, 0.4) is 0 Å². The minimum atomic E-state index is -0.447. The van der Waals surface area contributed by atoms with Crippen LogP contribution in [0.2, 0.25) is 5.02 Å². The molecular weight excluding hydrogens is 366 g/mol. The lowest BCUT2D eigenvalue weighted by Crippen LogP contribution is -1.96. The summed E-state index contributed by atoms with van der Waals surface area (Å²) in [7, 11) is 0. The molecule has 0 aliphatic carbocycles. The van der Waals surface area contributed by atoms with Gasteiger partial charge in [-0.05, 0) is 53.6 Å². The van der Waals surface area contributed by atoms with Gasteiger partial charge in [-0.15, -0.1) is 0 Å². The standard InChI is InChI=1S/C20H16ClN3O3/c21-17-4-1-3-16(11-17)14-27-20-9-7-15(8-10-20)13-22-23-18-5-2-6-19(12-18)24(25)26/h1-13,23H,14H2. The van der Waals surface area contributed by atoms with E-state index >= 15 is 0 Å². The largest absolute Gasteiger partial charge is 0.489 e. The molecule has 3 aromatic rings. The molecule has 0 atom stereocenters. The summed E-state index contributed by atoms with van der Waals surface area (Å²) >= 11 is 5.95. The Hall–Kier alpha value is -3.38. The van der Waals surface area contributed by atoms with Crippen LogP contribution in [-0.2, 0) is 6.61 Å². The van der Waals surface area contributed by atoms with Gasteiger partial charge in [0.15, 0.2) is 0 Å². The van der Waals surface area contributed by atoms with E-state index in [2.05, 4.69) is 10.5 Å². The number of halogens is 1. The highest BCUT2D eigenvalue weighted by molar-refractivity contribution is 6.30. The summed E-state index contributed by atoms with van der Waals surface area (Å²) in [6, 6.07) is 21.1. The van der Waals surface area contributed by atoms with Crippen molar-refractivity contribution >= 4 is 29.2 Å². The first kappa shape index (κ1) is 18.4. The van der Waals surface area contributed by atoms with Gasteiger partial charge >= 0.3 is 0 Å². The molecule has 6 nitrogen and oxygen atoms in total. The second-order valence-corrected chi connectivity index (χ2v) is 6.10. The number of hydrazone groups is 1. The first-order valence-electron chi connectivity index (χ1n) is 8.11. The summed E-state index contributed by atoms with van der Waals surface area (Å²) in [5, 5.41) is 15.5. The Balaban J connectivity index is 1.55. The SMILES string of the molecule is O=[N+]([O-])c1cccc(NN=Cc2ccc(OCc3cccc(Cl)c3)cc2)c1. The Bertz CT molecular complexity index is 959. The monoisotopic (exact) mass is 381 g/mol. The van der Waals surface area contributed by atoms with E-state index in [0.717, 1.165) is 16.9 Å². The van der Waals surface area contributed by atoms with Gasteiger partial charge in [0.05, 0.1) is 16.8 Å². The van der Waals surface area contributed by atoms with Crippen molar-refractivity contribution in [1.29, 1.82) is 0 Å². The summed E-state index contributed by atoms with van der Waals surface area (Å²) in [5.74, 6) is 0.735. The van der Waals surface area contributed by atoms with Crippen LogP contribution < -0.4 is 10.2 Å². The van der Waals surface area contributed by atoms with Crippen molar-refractivity contribution in [3.8, 4) is 5.75 Å². The molecule has 27 heavy (non-hydrogen) atoms. The highest BCUT2D eigenvalue weighted by Crippen LogP contribution is 2.18. The minimum absolute atomic E-state index is 0.0106. The van der Waals surface area contributed by atoms with E-state index in [-0.39, 0.29) is 5.69 Å². The third kappa shape index (κ3) is 5.55. The van der Waals surface area contributed by atoms with Crippen molar-refractivity contribution in [1.82, 2.24) is 0 Å². The Labute approximate surface area is 161 Å². The van der Waals surface area contributed by atoms with E-state index in [4.69, 9.17) is 16.3 Å². The molecule has 0 aliphatic heterocycles. The maximum absolute atomic E-state index is 10.8. The van der Waals surface area contributed by atoms with E-state index in [1.54, 1.807) is 18.3 Å². The summed E-state index contributed by atoms with van der Waals surface area (Å²) in [4.78, 5) is 10.3. The fourth-order valence-electron chi connectivity index (χ4n) is 2.31. The molecule has 7 heteroatoms. The van der Waals surface area contributed by atoms with Crippen LogP contribution in [0.25, 0.3) is 0 Å². The molecule has 136 valence electrons. The molecule has 0 amide bonds. The van der Waals surface area contributed by atoms with Gasteiger partial charge in [-0.3, -0.25) is 15.5 Å². The van der Waals surface area contributed by atoms with Gasteiger partial charge in [-0.25, -0.2) is 0 Å². The molecule has 0 spiro atoms. The molecule has 0 fully saturated rings. The van der Waals surface area contributed by atoms with Crippen LogP contribution >= 0.6 is 11.6 Å². The van der Waals surface area contributed by atoms with E-state index in [9.17, 15) is 10.1 Å². The zero-order valence-corrected chi connectivity index (χ0v) is 15.0. The summed E-state index contributed by atoms with van der Waals surface area (Å²) in [6.45, 7) is 0.433. The molecular formula is C20H16ClN3O3. The number of rotatable bonds is 7. The lowest BCUT2D eigenvalue weighted by atomic mass is 10.2. The van der Waals surface area contributed by atoms with Gasteiger partial charge in [-0.1, -0.05) is 29.8 Å². The quantitative estimate of drug-likeness (QED) is 0.343. The molecule has 0 aliphatic rings. The Kier molecular flexibility index (Phi) is 6.02. The van der Waals surface area contributed by atoms with Crippen molar-refractivity contribution in [2.24, 2.45) is 5.10 Å². The highest BCUT2D eigenvalue weighted by atomic mass is 35.5. The molecule has 1 N–H and O–H groups in total. The zero-order chi connectivity index (χ0) is 19.1. The van der Waals surface area contributed by atoms with Gasteiger partial charge in [0.1, 0.15) is 12.4 Å². The van der Waals surface area contributed by atoms with Gasteiger partial charge in [0, 0.05) is 17.2 Å². The third-order valence-corrected chi connectivity index (χ3v) is 3.87. The maximum Gasteiger partial charge on any atom is 0.271 e. The van der Waals surface area contributed by atoms with Crippen molar-refractivity contribution in [3.63, 3.8) is 0 Å². The van der Waals surface area contributed by atoms with E-state index in [0.29, 0.717) is 17.3 Å². The summed E-state index contributed by atoms with van der Waals surface area (Å²) in [5.41, 5.74) is 5.19. The first-order valence-corrected chi connectivity index (χ1v) is 8.49. The average molecular weight is 382 g/mol. The fraction of sp³-hybridized carbons (Fsp3) is 0.0500. The molecule has 0 saturated carbocycles. The summed E-state index contributed by atoms with van der Waals surface area (Å²) in [6.07, 6.45) is 1.62. The highest BCUT2D eigenvalue weighted by Gasteiger charge is 2.04. The number of ether oxygens (including phenoxy) is 1. The lowest BCUT2D eigenvalue weighted by Gasteiger charge is -2.07. The first-order chi connectivity index (χ1) is 13.1. The number of nitro benzene ring substituents is 1. The second-order valence-electron chi connectivity index (χ2n) is 5.67. The molecule has 0 saturated heterocycles. The molecule has 0 radical (unpaired) electrons. The molecule has 3 aromatic carbocycles. The van der Waals surface area contributed by atoms with Crippen molar-refractivity contribution in [3.05, 3.63) is 99.1 Å². The fourth-order valence-corrected chi connectivity index (χ4v) is 2.53. The minimum Gasteiger partial charge on any atom is -0.489 e. The smallest absolute Gasteiger partial charge is 0.271 e. The van der Waals surface area contributed by atoms with Gasteiger partial charge in [0.2, 0.25) is 0 Å². The lowest BCUT2D eigenvalue weighted by molar-refractivity contribution is -0.384. The number of benzene rings is 3. The number of hydrogen-bond donors (Lipinski definition) is 1. The van der Waals surface area contributed by atoms with Crippen LogP contribution in [0.5, 0.6) is 5.75 Å². The van der Waals surface area contributed by atoms with Gasteiger partial charge in [0.25, 0.3) is 5.69 Å². The topological polar surface area (TPSA) is 76.8 Å². The van der Waals surface area contributed by atoms with Crippen LogP contribution in [0.15, 0.2) is 77.9 Å². The predicted molar refractivity (Wildman–Crippen MR) is 107 cm³/mol. The number of anilines is 1. The number of nitrogens with zero attached hydrogens (tertiary/aromatic N) is 2. The van der Waals surface area contributed by atoms with Gasteiger partial charge in [-0.2, -0.15) is 5.10 Å². The molecule has 0 heterocycles. The predicted octanol–water partition coefficient (Wildman–Crippen LogP) is 5.27. The van der Waals surface area contributed by atoms with Crippen molar-refractivity contribution < 1.29 is 9.66 Å². The van der Waals surface area contributed by atoms with Crippen molar-refractivity contribution in [2.45, 2.75) is 6.61 Å². The van der Waals surface area contributed by atoms with E-state index < -0.39 is 4.92 Å². The molecule has 0 aromatic heterocycles. The average Bonchev–Trinajstić information content (AvgIpc) is 2.68. The number of nitrogens with one attached hydrogen (secondary N) is 1. The number of hydrogen-bond acceptors (Lipinski definition) is 5. The van der Waals surface area contributed by atoms with Crippen LogP contribution in [0.4, 0.5) is 11.4 Å². The Morgan fingerprint density at radius 1 is 1.07 bits per heavy atom. The van der Waals surface area contributed by atoms with Crippen LogP contribution in [0.1, 0.15) is 11.1 Å². The number of nitro groups is 1. The maximum atomic E-state index is 10.8. The number of non-ortho nitro benzene ring substituents is 1. The van der Waals surface area contributed by atoms with E-state index in [1.165, 1.54) is 12.1 Å².